The summed E-state index contributed by atoms with van der Waals surface area (Å²) in [5.41, 5.74) is 0. The van der Waals surface area contributed by atoms with E-state index in [1.165, 1.54) is 19.3 Å². The number of carbonyl (C=O) groups excluding carboxylic acids is 1. The van der Waals surface area contributed by atoms with E-state index < -0.39 is 0 Å². The molecule has 0 saturated carbocycles. The standard InChI is InChI=1S/C17H27NOS/c1-4-6-10-15(5-2)13-18-17(19)14(3)20-16-11-8-7-9-12-16/h7-9,11-12,14-15H,4-6,10,13H2,1-3H3,(H,18,19)/t14-,15-/m1/s1. The van der Waals surface area contributed by atoms with E-state index in [2.05, 4.69) is 19.2 Å². The number of unbranched alkanes of at least 4 members (excludes halogenated alkanes) is 1. The van der Waals surface area contributed by atoms with Gasteiger partial charge in [0.2, 0.25) is 5.91 Å². The smallest absolute Gasteiger partial charge is 0.233 e. The van der Waals surface area contributed by atoms with Crippen molar-refractivity contribution in [3.8, 4) is 0 Å². The molecular formula is C17H27NOS. The highest BCUT2D eigenvalue weighted by Crippen LogP contribution is 2.22. The van der Waals surface area contributed by atoms with Crippen LogP contribution in [-0.4, -0.2) is 17.7 Å². The van der Waals surface area contributed by atoms with Crippen LogP contribution < -0.4 is 5.32 Å². The van der Waals surface area contributed by atoms with Gasteiger partial charge in [-0.1, -0.05) is 51.3 Å². The van der Waals surface area contributed by atoms with Gasteiger partial charge in [0, 0.05) is 11.4 Å². The largest absolute Gasteiger partial charge is 0.355 e. The number of benzene rings is 1. The van der Waals surface area contributed by atoms with E-state index in [0.29, 0.717) is 5.92 Å². The molecule has 0 fully saturated rings. The van der Waals surface area contributed by atoms with Gasteiger partial charge in [-0.25, -0.2) is 0 Å². The summed E-state index contributed by atoms with van der Waals surface area (Å²) < 4.78 is 0. The Morgan fingerprint density at radius 1 is 1.25 bits per heavy atom. The molecule has 0 saturated heterocycles. The Hall–Kier alpha value is -0.960. The molecule has 112 valence electrons. The van der Waals surface area contributed by atoms with Crippen LogP contribution in [0.5, 0.6) is 0 Å². The number of rotatable bonds is 9. The molecule has 2 nitrogen and oxygen atoms in total. The van der Waals surface area contributed by atoms with Crippen LogP contribution in [0.2, 0.25) is 0 Å². The molecule has 0 aliphatic rings. The van der Waals surface area contributed by atoms with Gasteiger partial charge in [0.05, 0.1) is 5.25 Å². The molecule has 1 amide bonds. The summed E-state index contributed by atoms with van der Waals surface area (Å²) in [6.45, 7) is 7.20. The molecule has 0 bridgehead atoms. The van der Waals surface area contributed by atoms with Gasteiger partial charge in [0.1, 0.15) is 0 Å². The van der Waals surface area contributed by atoms with E-state index in [0.717, 1.165) is 17.9 Å². The Morgan fingerprint density at radius 2 is 1.95 bits per heavy atom. The van der Waals surface area contributed by atoms with E-state index >= 15 is 0 Å². The van der Waals surface area contributed by atoms with Crippen molar-refractivity contribution in [3.05, 3.63) is 30.3 Å². The van der Waals surface area contributed by atoms with Gasteiger partial charge in [-0.05, 0) is 31.4 Å². The van der Waals surface area contributed by atoms with Crippen molar-refractivity contribution in [1.29, 1.82) is 0 Å². The first-order valence-corrected chi connectivity index (χ1v) is 8.54. The number of carbonyl (C=O) groups is 1. The molecule has 1 aromatic rings. The Balaban J connectivity index is 2.34. The molecule has 0 radical (unpaired) electrons. The Kier molecular flexibility index (Phi) is 8.43. The number of hydrogen-bond donors (Lipinski definition) is 1. The maximum Gasteiger partial charge on any atom is 0.233 e. The molecule has 2 atom stereocenters. The third-order valence-electron chi connectivity index (χ3n) is 3.53. The summed E-state index contributed by atoms with van der Waals surface area (Å²) >= 11 is 1.62. The van der Waals surface area contributed by atoms with Crippen molar-refractivity contribution in [3.63, 3.8) is 0 Å². The van der Waals surface area contributed by atoms with E-state index in [1.54, 1.807) is 11.8 Å². The lowest BCUT2D eigenvalue weighted by atomic mass is 9.99. The molecule has 0 spiro atoms. The first-order valence-electron chi connectivity index (χ1n) is 7.66. The first kappa shape index (κ1) is 17.1. The average Bonchev–Trinajstić information content (AvgIpc) is 2.48. The second-order valence-corrected chi connectivity index (χ2v) is 6.65. The van der Waals surface area contributed by atoms with Crippen LogP contribution in [0.15, 0.2) is 35.2 Å². The highest BCUT2D eigenvalue weighted by molar-refractivity contribution is 8.00. The van der Waals surface area contributed by atoms with Crippen molar-refractivity contribution < 1.29 is 4.79 Å². The van der Waals surface area contributed by atoms with E-state index in [4.69, 9.17) is 0 Å². The molecule has 0 aliphatic carbocycles. The minimum absolute atomic E-state index is 0.0407. The molecule has 0 heterocycles. The fraction of sp³-hybridized carbons (Fsp3) is 0.588. The molecule has 0 aliphatic heterocycles. The fourth-order valence-corrected chi connectivity index (χ4v) is 3.00. The molecule has 0 unspecified atom stereocenters. The summed E-state index contributed by atoms with van der Waals surface area (Å²) in [4.78, 5) is 13.3. The lowest BCUT2D eigenvalue weighted by Crippen LogP contribution is -2.34. The van der Waals surface area contributed by atoms with E-state index in [-0.39, 0.29) is 11.2 Å². The van der Waals surface area contributed by atoms with Crippen molar-refractivity contribution >= 4 is 17.7 Å². The minimum Gasteiger partial charge on any atom is -0.355 e. The van der Waals surface area contributed by atoms with E-state index in [1.807, 2.05) is 37.3 Å². The summed E-state index contributed by atoms with van der Waals surface area (Å²) in [5, 5.41) is 3.06. The molecule has 1 N–H and O–H groups in total. The SMILES string of the molecule is CCCC[C@@H](CC)CNC(=O)[C@@H](C)Sc1ccccc1. The molecule has 1 rings (SSSR count). The zero-order valence-corrected chi connectivity index (χ0v) is 13.7. The Bertz CT molecular complexity index is 380. The Labute approximate surface area is 127 Å². The van der Waals surface area contributed by atoms with Gasteiger partial charge in [-0.15, -0.1) is 11.8 Å². The average molecular weight is 293 g/mol. The van der Waals surface area contributed by atoms with Crippen LogP contribution in [0.3, 0.4) is 0 Å². The monoisotopic (exact) mass is 293 g/mol. The van der Waals surface area contributed by atoms with Crippen molar-refractivity contribution in [2.45, 2.75) is 56.6 Å². The lowest BCUT2D eigenvalue weighted by Gasteiger charge is -2.17. The minimum atomic E-state index is -0.0407. The summed E-state index contributed by atoms with van der Waals surface area (Å²) in [6, 6.07) is 10.1. The topological polar surface area (TPSA) is 29.1 Å². The highest BCUT2D eigenvalue weighted by Gasteiger charge is 2.15. The fourth-order valence-electron chi connectivity index (χ4n) is 2.09. The maximum atomic E-state index is 12.1. The van der Waals surface area contributed by atoms with Crippen LogP contribution in [0.4, 0.5) is 0 Å². The molecule has 20 heavy (non-hydrogen) atoms. The Morgan fingerprint density at radius 3 is 2.55 bits per heavy atom. The molecule has 1 aromatic carbocycles. The van der Waals surface area contributed by atoms with Crippen LogP contribution in [0, 0.1) is 5.92 Å². The van der Waals surface area contributed by atoms with Crippen molar-refractivity contribution in [2.24, 2.45) is 5.92 Å². The van der Waals surface area contributed by atoms with Crippen LogP contribution in [-0.2, 0) is 4.79 Å². The number of nitrogens with one attached hydrogen (secondary N) is 1. The van der Waals surface area contributed by atoms with Gasteiger partial charge in [0.25, 0.3) is 0 Å². The zero-order valence-electron chi connectivity index (χ0n) is 12.9. The van der Waals surface area contributed by atoms with Crippen molar-refractivity contribution in [1.82, 2.24) is 5.32 Å². The summed E-state index contributed by atoms with van der Waals surface area (Å²) in [6.07, 6.45) is 4.83. The number of amides is 1. The summed E-state index contributed by atoms with van der Waals surface area (Å²) in [7, 11) is 0. The van der Waals surface area contributed by atoms with Gasteiger partial charge in [-0.2, -0.15) is 0 Å². The maximum absolute atomic E-state index is 12.1. The number of thioether (sulfide) groups is 1. The first-order chi connectivity index (χ1) is 9.67. The zero-order chi connectivity index (χ0) is 14.8. The van der Waals surface area contributed by atoms with Gasteiger partial charge in [-0.3, -0.25) is 4.79 Å². The molecule has 3 heteroatoms. The van der Waals surface area contributed by atoms with Crippen LogP contribution in [0.1, 0.15) is 46.5 Å². The predicted molar refractivity (Wildman–Crippen MR) is 88.1 cm³/mol. The third kappa shape index (κ3) is 6.47. The molecular weight excluding hydrogens is 266 g/mol. The predicted octanol–water partition coefficient (Wildman–Crippen LogP) is 4.50. The van der Waals surface area contributed by atoms with Gasteiger partial charge < -0.3 is 5.32 Å². The molecule has 0 aromatic heterocycles. The third-order valence-corrected chi connectivity index (χ3v) is 4.65. The second kappa shape index (κ2) is 9.87. The van der Waals surface area contributed by atoms with Crippen molar-refractivity contribution in [2.75, 3.05) is 6.54 Å². The summed E-state index contributed by atoms with van der Waals surface area (Å²) in [5.74, 6) is 0.765. The van der Waals surface area contributed by atoms with Gasteiger partial charge >= 0.3 is 0 Å². The highest BCUT2D eigenvalue weighted by atomic mass is 32.2. The number of hydrogen-bond acceptors (Lipinski definition) is 2. The normalized spacial score (nSPS) is 13.8. The lowest BCUT2D eigenvalue weighted by molar-refractivity contribution is -0.120. The van der Waals surface area contributed by atoms with Gasteiger partial charge in [0.15, 0.2) is 0 Å². The van der Waals surface area contributed by atoms with Crippen LogP contribution >= 0.6 is 11.8 Å². The van der Waals surface area contributed by atoms with Crippen LogP contribution in [0.25, 0.3) is 0 Å². The second-order valence-electron chi connectivity index (χ2n) is 5.23. The quantitative estimate of drug-likeness (QED) is 0.679. The van der Waals surface area contributed by atoms with E-state index in [9.17, 15) is 4.79 Å².